The first kappa shape index (κ1) is 11.4. The molecule has 7 heteroatoms. The zero-order valence-electron chi connectivity index (χ0n) is 7.84. The van der Waals surface area contributed by atoms with Crippen LogP contribution in [-0.4, -0.2) is 17.4 Å². The Morgan fingerprint density at radius 3 is 2.50 bits per heavy atom. The van der Waals surface area contributed by atoms with Gasteiger partial charge in [0.15, 0.2) is 0 Å². The molecule has 0 atom stereocenters. The van der Waals surface area contributed by atoms with E-state index in [2.05, 4.69) is 4.98 Å². The first-order valence-electron chi connectivity index (χ1n) is 4.20. The molecule has 0 aliphatic heterocycles. The predicted octanol–water partition coefficient (Wildman–Crippen LogP) is 2.43. The van der Waals surface area contributed by atoms with Gasteiger partial charge in [-0.15, -0.1) is 0 Å². The highest BCUT2D eigenvalue weighted by atomic mass is 35.5. The average molecular weight is 277 g/mol. The molecular formula is C9H6Cl2N2O2S. The molecule has 1 heterocycles. The van der Waals surface area contributed by atoms with Gasteiger partial charge in [-0.1, -0.05) is 23.2 Å². The summed E-state index contributed by atoms with van der Waals surface area (Å²) < 4.78 is 25.0. The Labute approximate surface area is 102 Å². The van der Waals surface area contributed by atoms with Gasteiger partial charge in [-0.25, -0.2) is 17.4 Å². The van der Waals surface area contributed by atoms with Crippen LogP contribution in [0.3, 0.4) is 0 Å². The van der Waals surface area contributed by atoms with Gasteiger partial charge >= 0.3 is 0 Å². The van der Waals surface area contributed by atoms with E-state index in [0.29, 0.717) is 5.02 Å². The van der Waals surface area contributed by atoms with Crippen molar-refractivity contribution in [3.63, 3.8) is 0 Å². The summed E-state index contributed by atoms with van der Waals surface area (Å²) >= 11 is 11.5. The normalized spacial score (nSPS) is 11.6. The molecule has 0 N–H and O–H groups in total. The van der Waals surface area contributed by atoms with Crippen LogP contribution in [0.4, 0.5) is 0 Å². The summed E-state index contributed by atoms with van der Waals surface area (Å²) in [6.45, 7) is 0. The standard InChI is InChI=1S/C9H6Cl2N2O2S/c10-8-2-1-7(5-9(8)11)16(14,15)13-4-3-12-6-13/h1-6H. The monoisotopic (exact) mass is 276 g/mol. The minimum absolute atomic E-state index is 0.0694. The predicted molar refractivity (Wildman–Crippen MR) is 61.3 cm³/mol. The van der Waals surface area contributed by atoms with E-state index in [4.69, 9.17) is 23.2 Å². The summed E-state index contributed by atoms with van der Waals surface area (Å²) in [6, 6.07) is 4.14. The van der Waals surface area contributed by atoms with Gasteiger partial charge in [-0.3, -0.25) is 0 Å². The van der Waals surface area contributed by atoms with Gasteiger partial charge in [-0.2, -0.15) is 0 Å². The molecule has 1 aromatic heterocycles. The fourth-order valence-electron chi connectivity index (χ4n) is 1.15. The lowest BCUT2D eigenvalue weighted by Gasteiger charge is -2.05. The van der Waals surface area contributed by atoms with E-state index in [1.807, 2.05) is 0 Å². The fraction of sp³-hybridized carbons (Fsp3) is 0. The number of hydrogen-bond donors (Lipinski definition) is 0. The van der Waals surface area contributed by atoms with Crippen molar-refractivity contribution in [3.8, 4) is 0 Å². The molecule has 4 nitrogen and oxygen atoms in total. The number of halogens is 2. The first-order valence-corrected chi connectivity index (χ1v) is 6.40. The van der Waals surface area contributed by atoms with E-state index in [0.717, 1.165) is 3.97 Å². The van der Waals surface area contributed by atoms with Gasteiger partial charge in [0.25, 0.3) is 10.0 Å². The second-order valence-electron chi connectivity index (χ2n) is 2.97. The summed E-state index contributed by atoms with van der Waals surface area (Å²) in [5.74, 6) is 0. The van der Waals surface area contributed by atoms with Crippen molar-refractivity contribution in [2.75, 3.05) is 0 Å². The maximum absolute atomic E-state index is 12.0. The summed E-state index contributed by atoms with van der Waals surface area (Å²) in [5, 5.41) is 0.508. The summed E-state index contributed by atoms with van der Waals surface area (Å²) in [7, 11) is -3.62. The zero-order valence-corrected chi connectivity index (χ0v) is 10.2. The second kappa shape index (κ2) is 4.08. The number of nitrogens with zero attached hydrogens (tertiary/aromatic N) is 2. The Morgan fingerprint density at radius 1 is 1.19 bits per heavy atom. The molecule has 0 bridgehead atoms. The highest BCUT2D eigenvalue weighted by molar-refractivity contribution is 7.90. The Morgan fingerprint density at radius 2 is 1.94 bits per heavy atom. The number of hydrogen-bond acceptors (Lipinski definition) is 3. The zero-order chi connectivity index (χ0) is 11.8. The Bertz CT molecular complexity index is 608. The van der Waals surface area contributed by atoms with Crippen LogP contribution in [0.1, 0.15) is 0 Å². The molecule has 0 saturated carbocycles. The number of imidazole rings is 1. The molecule has 1 aromatic carbocycles. The lowest BCUT2D eigenvalue weighted by atomic mass is 10.4. The summed E-state index contributed by atoms with van der Waals surface area (Å²) in [6.07, 6.45) is 3.94. The molecule has 0 unspecified atom stereocenters. The van der Waals surface area contributed by atoms with Crippen LogP contribution in [0.2, 0.25) is 10.0 Å². The summed E-state index contributed by atoms with van der Waals surface area (Å²) in [4.78, 5) is 3.75. The largest absolute Gasteiger partial charge is 0.268 e. The Balaban J connectivity index is 2.57. The molecule has 16 heavy (non-hydrogen) atoms. The van der Waals surface area contributed by atoms with Crippen LogP contribution < -0.4 is 0 Å². The van der Waals surface area contributed by atoms with Crippen molar-refractivity contribution in [2.45, 2.75) is 4.90 Å². The molecule has 0 spiro atoms. The number of benzene rings is 1. The van der Waals surface area contributed by atoms with Gasteiger partial charge in [0.1, 0.15) is 6.33 Å². The smallest absolute Gasteiger partial charge is 0.244 e. The van der Waals surface area contributed by atoms with Crippen molar-refractivity contribution in [2.24, 2.45) is 0 Å². The van der Waals surface area contributed by atoms with Crippen molar-refractivity contribution in [1.29, 1.82) is 0 Å². The lowest BCUT2D eigenvalue weighted by Crippen LogP contribution is -2.10. The van der Waals surface area contributed by atoms with Crippen molar-refractivity contribution in [1.82, 2.24) is 8.96 Å². The Hall–Kier alpha value is -1.04. The molecule has 84 valence electrons. The third-order valence-electron chi connectivity index (χ3n) is 1.95. The van der Waals surface area contributed by atoms with Gasteiger partial charge in [0.05, 0.1) is 14.9 Å². The van der Waals surface area contributed by atoms with Crippen LogP contribution in [0.25, 0.3) is 0 Å². The Kier molecular flexibility index (Phi) is 2.92. The van der Waals surface area contributed by atoms with Crippen LogP contribution in [0.5, 0.6) is 0 Å². The molecule has 2 aromatic rings. The highest BCUT2D eigenvalue weighted by Crippen LogP contribution is 2.25. The molecule has 0 fully saturated rings. The molecule has 0 aliphatic rings. The fourth-order valence-corrected chi connectivity index (χ4v) is 2.65. The molecular weight excluding hydrogens is 271 g/mol. The van der Waals surface area contributed by atoms with E-state index in [1.54, 1.807) is 0 Å². The SMILES string of the molecule is O=S(=O)(c1ccc(Cl)c(Cl)c1)n1ccnc1. The van der Waals surface area contributed by atoms with Crippen LogP contribution in [0.15, 0.2) is 41.8 Å². The highest BCUT2D eigenvalue weighted by Gasteiger charge is 2.17. The van der Waals surface area contributed by atoms with E-state index in [9.17, 15) is 8.42 Å². The van der Waals surface area contributed by atoms with E-state index in [-0.39, 0.29) is 9.92 Å². The molecule has 0 aliphatic carbocycles. The van der Waals surface area contributed by atoms with Crippen molar-refractivity contribution >= 4 is 33.2 Å². The third-order valence-corrected chi connectivity index (χ3v) is 4.31. The van der Waals surface area contributed by atoms with E-state index in [1.165, 1.54) is 36.9 Å². The van der Waals surface area contributed by atoms with Gasteiger partial charge in [-0.05, 0) is 18.2 Å². The second-order valence-corrected chi connectivity index (χ2v) is 5.63. The van der Waals surface area contributed by atoms with Crippen LogP contribution in [-0.2, 0) is 10.0 Å². The van der Waals surface area contributed by atoms with Crippen LogP contribution in [0, 0.1) is 0 Å². The topological polar surface area (TPSA) is 52.0 Å². The van der Waals surface area contributed by atoms with Gasteiger partial charge in [0.2, 0.25) is 0 Å². The van der Waals surface area contributed by atoms with E-state index < -0.39 is 10.0 Å². The lowest BCUT2D eigenvalue weighted by molar-refractivity contribution is 0.587. The maximum atomic E-state index is 12.0. The molecule has 2 rings (SSSR count). The minimum Gasteiger partial charge on any atom is -0.244 e. The quantitative estimate of drug-likeness (QED) is 0.847. The van der Waals surface area contributed by atoms with Crippen molar-refractivity contribution in [3.05, 3.63) is 47.0 Å². The number of rotatable bonds is 2. The molecule has 0 amide bonds. The maximum Gasteiger partial charge on any atom is 0.268 e. The molecule has 0 radical (unpaired) electrons. The first-order chi connectivity index (χ1) is 7.51. The van der Waals surface area contributed by atoms with Gasteiger partial charge < -0.3 is 0 Å². The third kappa shape index (κ3) is 1.93. The average Bonchev–Trinajstić information content (AvgIpc) is 2.75. The van der Waals surface area contributed by atoms with Crippen molar-refractivity contribution < 1.29 is 8.42 Å². The van der Waals surface area contributed by atoms with Gasteiger partial charge in [0, 0.05) is 12.4 Å². The van der Waals surface area contributed by atoms with E-state index >= 15 is 0 Å². The minimum atomic E-state index is -3.62. The summed E-state index contributed by atoms with van der Waals surface area (Å²) in [5.41, 5.74) is 0. The molecule has 0 saturated heterocycles. The number of aromatic nitrogens is 2. The van der Waals surface area contributed by atoms with Crippen LogP contribution >= 0.6 is 23.2 Å².